The summed E-state index contributed by atoms with van der Waals surface area (Å²) in [5.41, 5.74) is 2.09. The first-order chi connectivity index (χ1) is 10.6. The molecule has 2 N–H and O–H groups in total. The van der Waals surface area contributed by atoms with E-state index in [0.717, 1.165) is 11.3 Å². The van der Waals surface area contributed by atoms with Gasteiger partial charge >= 0.3 is 0 Å². The Morgan fingerprint density at radius 2 is 2.09 bits per heavy atom. The smallest absolute Gasteiger partial charge is 0.255 e. The Labute approximate surface area is 127 Å². The third-order valence-corrected chi connectivity index (χ3v) is 4.00. The minimum Gasteiger partial charge on any atom is -0.382 e. The molecule has 2 aliphatic rings. The molecule has 3 amide bonds. The molecule has 1 radical (unpaired) electrons. The molecule has 1 unspecified atom stereocenters. The minimum absolute atomic E-state index is 0.213. The average molecular weight is 302 g/mol. The Kier molecular flexibility index (Phi) is 3.81. The van der Waals surface area contributed by atoms with E-state index in [1.54, 1.807) is 12.1 Å². The molecule has 1 fully saturated rings. The van der Waals surface area contributed by atoms with E-state index < -0.39 is 11.9 Å². The molecule has 0 aliphatic carbocycles. The van der Waals surface area contributed by atoms with Crippen molar-refractivity contribution in [1.82, 2.24) is 10.2 Å². The Morgan fingerprint density at radius 3 is 2.82 bits per heavy atom. The van der Waals surface area contributed by atoms with E-state index in [-0.39, 0.29) is 31.4 Å². The second kappa shape index (κ2) is 5.76. The normalized spacial score (nSPS) is 20.9. The molecule has 0 aromatic heterocycles. The standard InChI is InChI=1S/C15H16N3O4/c19-7-6-16-11-3-1-2-9-10(11)8-18(15(9)22)12-4-5-13(20)17-14(12)21/h1-3,12,16H,4-8H2,(H,17,20,21). The van der Waals surface area contributed by atoms with Gasteiger partial charge in [-0.1, -0.05) is 6.07 Å². The molecule has 2 heterocycles. The number of nitrogens with zero attached hydrogens (tertiary/aromatic N) is 1. The van der Waals surface area contributed by atoms with Crippen molar-refractivity contribution in [2.24, 2.45) is 0 Å². The summed E-state index contributed by atoms with van der Waals surface area (Å²) in [6.45, 7) is 0.333. The Bertz CT molecular complexity index is 644. The van der Waals surface area contributed by atoms with Crippen LogP contribution in [0.1, 0.15) is 28.8 Å². The lowest BCUT2D eigenvalue weighted by Gasteiger charge is -2.29. The number of fused-ring (bicyclic) bond motifs is 1. The van der Waals surface area contributed by atoms with Gasteiger partial charge in [-0.3, -0.25) is 19.7 Å². The highest BCUT2D eigenvalue weighted by molar-refractivity contribution is 6.06. The monoisotopic (exact) mass is 302 g/mol. The molecule has 1 aromatic rings. The maximum Gasteiger partial charge on any atom is 0.255 e. The van der Waals surface area contributed by atoms with Crippen LogP contribution in [0, 0.1) is 0 Å². The molecule has 7 nitrogen and oxygen atoms in total. The fraction of sp³-hybridized carbons (Fsp3) is 0.400. The third kappa shape index (κ3) is 2.43. The van der Waals surface area contributed by atoms with E-state index in [0.29, 0.717) is 18.5 Å². The Balaban J connectivity index is 1.84. The van der Waals surface area contributed by atoms with E-state index in [4.69, 9.17) is 0 Å². The van der Waals surface area contributed by atoms with Crippen molar-refractivity contribution in [3.8, 4) is 0 Å². The molecule has 2 aliphatic heterocycles. The fourth-order valence-electron chi connectivity index (χ4n) is 2.94. The number of imide groups is 1. The topological polar surface area (TPSA) is 98.4 Å². The minimum atomic E-state index is -0.620. The zero-order valence-corrected chi connectivity index (χ0v) is 11.9. The highest BCUT2D eigenvalue weighted by Gasteiger charge is 2.39. The quantitative estimate of drug-likeness (QED) is 0.781. The van der Waals surface area contributed by atoms with Gasteiger partial charge in [0.15, 0.2) is 0 Å². The number of carbonyl (C=O) groups is 3. The van der Waals surface area contributed by atoms with Crippen LogP contribution in [0.3, 0.4) is 0 Å². The fourth-order valence-corrected chi connectivity index (χ4v) is 2.94. The van der Waals surface area contributed by atoms with Crippen molar-refractivity contribution in [2.45, 2.75) is 25.4 Å². The maximum absolute atomic E-state index is 12.5. The number of nitrogens with one attached hydrogen (secondary N) is 2. The SMILES string of the molecule is [O]CCNc1cccc2c1CN(C1CCC(=O)NC1=O)C2=O. The largest absolute Gasteiger partial charge is 0.382 e. The molecular weight excluding hydrogens is 286 g/mol. The van der Waals surface area contributed by atoms with Crippen LogP contribution in [-0.4, -0.2) is 41.8 Å². The van der Waals surface area contributed by atoms with E-state index in [9.17, 15) is 19.5 Å². The molecule has 3 rings (SSSR count). The molecule has 1 atom stereocenters. The van der Waals surface area contributed by atoms with Crippen LogP contribution in [0.15, 0.2) is 18.2 Å². The lowest BCUT2D eigenvalue weighted by atomic mass is 10.0. The summed E-state index contributed by atoms with van der Waals surface area (Å²) in [6.07, 6.45) is 0.575. The zero-order chi connectivity index (χ0) is 15.7. The number of carbonyl (C=O) groups excluding carboxylic acids is 3. The Hall–Kier alpha value is -2.41. The van der Waals surface area contributed by atoms with Gasteiger partial charge < -0.3 is 10.2 Å². The molecule has 0 saturated carbocycles. The van der Waals surface area contributed by atoms with Gasteiger partial charge in [0.2, 0.25) is 11.8 Å². The highest BCUT2D eigenvalue weighted by Crippen LogP contribution is 2.32. The van der Waals surface area contributed by atoms with Gasteiger partial charge in [0.25, 0.3) is 5.91 Å². The van der Waals surface area contributed by atoms with Gasteiger partial charge in [-0.15, -0.1) is 0 Å². The molecule has 22 heavy (non-hydrogen) atoms. The molecule has 7 heteroatoms. The van der Waals surface area contributed by atoms with Crippen LogP contribution >= 0.6 is 0 Å². The van der Waals surface area contributed by atoms with Crippen molar-refractivity contribution >= 4 is 23.4 Å². The van der Waals surface area contributed by atoms with Crippen LogP contribution < -0.4 is 10.6 Å². The second-order valence-corrected chi connectivity index (χ2v) is 5.36. The van der Waals surface area contributed by atoms with Gasteiger partial charge in [-0.05, 0) is 18.6 Å². The van der Waals surface area contributed by atoms with Gasteiger partial charge in [0, 0.05) is 36.3 Å². The van der Waals surface area contributed by atoms with Gasteiger partial charge in [0.1, 0.15) is 6.04 Å². The summed E-state index contributed by atoms with van der Waals surface area (Å²) in [6, 6.07) is 4.66. The van der Waals surface area contributed by atoms with Gasteiger partial charge in [-0.25, -0.2) is 5.11 Å². The van der Waals surface area contributed by atoms with Gasteiger partial charge in [0.05, 0.1) is 6.61 Å². The summed E-state index contributed by atoms with van der Waals surface area (Å²) in [5.74, 6) is -0.940. The first kappa shape index (κ1) is 14.5. The predicted octanol–water partition coefficient (Wildman–Crippen LogP) is 0.290. The van der Waals surface area contributed by atoms with Crippen LogP contribution in [0.5, 0.6) is 0 Å². The molecule has 1 saturated heterocycles. The van der Waals surface area contributed by atoms with Crippen molar-refractivity contribution < 1.29 is 19.5 Å². The van der Waals surface area contributed by atoms with Crippen molar-refractivity contribution in [2.75, 3.05) is 18.5 Å². The molecule has 115 valence electrons. The third-order valence-electron chi connectivity index (χ3n) is 4.00. The molecule has 0 spiro atoms. The number of benzene rings is 1. The number of rotatable bonds is 4. The number of piperidine rings is 1. The maximum atomic E-state index is 12.5. The van der Waals surface area contributed by atoms with E-state index in [2.05, 4.69) is 10.6 Å². The van der Waals surface area contributed by atoms with Crippen molar-refractivity contribution in [3.05, 3.63) is 29.3 Å². The van der Waals surface area contributed by atoms with Crippen LogP contribution in [0.2, 0.25) is 0 Å². The summed E-state index contributed by atoms with van der Waals surface area (Å²) >= 11 is 0. The Morgan fingerprint density at radius 1 is 1.27 bits per heavy atom. The van der Waals surface area contributed by atoms with Crippen LogP contribution in [0.25, 0.3) is 0 Å². The van der Waals surface area contributed by atoms with Crippen molar-refractivity contribution in [1.29, 1.82) is 0 Å². The lowest BCUT2D eigenvalue weighted by molar-refractivity contribution is -0.136. The number of hydrogen-bond acceptors (Lipinski definition) is 4. The summed E-state index contributed by atoms with van der Waals surface area (Å²) in [4.78, 5) is 37.2. The lowest BCUT2D eigenvalue weighted by Crippen LogP contribution is -2.52. The first-order valence-electron chi connectivity index (χ1n) is 7.20. The molecule has 1 aromatic carbocycles. The van der Waals surface area contributed by atoms with Crippen LogP contribution in [-0.2, 0) is 21.2 Å². The predicted molar refractivity (Wildman–Crippen MR) is 76.5 cm³/mol. The second-order valence-electron chi connectivity index (χ2n) is 5.36. The van der Waals surface area contributed by atoms with Crippen molar-refractivity contribution in [3.63, 3.8) is 0 Å². The molecule has 0 bridgehead atoms. The van der Waals surface area contributed by atoms with Gasteiger partial charge in [-0.2, -0.15) is 0 Å². The van der Waals surface area contributed by atoms with E-state index in [1.807, 2.05) is 6.07 Å². The number of amides is 3. The van der Waals surface area contributed by atoms with E-state index >= 15 is 0 Å². The zero-order valence-electron chi connectivity index (χ0n) is 11.9. The highest BCUT2D eigenvalue weighted by atomic mass is 16.3. The first-order valence-corrected chi connectivity index (χ1v) is 7.20. The number of anilines is 1. The molecular formula is C15H16N3O4. The van der Waals surface area contributed by atoms with E-state index in [1.165, 1.54) is 4.90 Å². The summed E-state index contributed by atoms with van der Waals surface area (Å²) in [5, 5.41) is 15.9. The summed E-state index contributed by atoms with van der Waals surface area (Å²) in [7, 11) is 0. The van der Waals surface area contributed by atoms with Crippen LogP contribution in [0.4, 0.5) is 5.69 Å². The average Bonchev–Trinajstić information content (AvgIpc) is 2.83. The summed E-state index contributed by atoms with van der Waals surface area (Å²) < 4.78 is 0. The number of hydrogen-bond donors (Lipinski definition) is 2.